The zero-order chi connectivity index (χ0) is 17.6. The Kier molecular flexibility index (Phi) is 6.49. The van der Waals surface area contributed by atoms with Crippen molar-refractivity contribution in [1.29, 1.82) is 0 Å². The van der Waals surface area contributed by atoms with Gasteiger partial charge in [0.2, 0.25) is 0 Å². The Morgan fingerprint density at radius 3 is 2.42 bits per heavy atom. The molecule has 0 spiro atoms. The van der Waals surface area contributed by atoms with Crippen LogP contribution in [0.15, 0.2) is 53.4 Å². The molecule has 0 aliphatic carbocycles. The van der Waals surface area contributed by atoms with Gasteiger partial charge in [0.05, 0.1) is 4.90 Å². The standard InChI is InChI=1S/C19H26BNO2S/c1-4-15(3)13-16-7-6-8-19(14-16)24(22,23)21-18-11-9-17(10-12-18)20-5-2/h6-12,14-15,20-21H,4-5,13H2,1-3H3. The van der Waals surface area contributed by atoms with Crippen LogP contribution in [0.25, 0.3) is 0 Å². The van der Waals surface area contributed by atoms with Gasteiger partial charge in [0.1, 0.15) is 0 Å². The van der Waals surface area contributed by atoms with Crippen LogP contribution in [0.3, 0.4) is 0 Å². The monoisotopic (exact) mass is 343 g/mol. The first-order chi connectivity index (χ1) is 11.4. The van der Waals surface area contributed by atoms with E-state index in [0.29, 0.717) is 16.5 Å². The van der Waals surface area contributed by atoms with Crippen LogP contribution in [0.5, 0.6) is 0 Å². The van der Waals surface area contributed by atoms with E-state index < -0.39 is 10.0 Å². The summed E-state index contributed by atoms with van der Waals surface area (Å²) < 4.78 is 27.9. The van der Waals surface area contributed by atoms with Gasteiger partial charge >= 0.3 is 0 Å². The van der Waals surface area contributed by atoms with E-state index in [2.05, 4.69) is 25.5 Å². The Bertz CT molecular complexity index is 757. The second-order valence-corrected chi connectivity index (χ2v) is 8.10. The van der Waals surface area contributed by atoms with Crippen molar-refractivity contribution in [3.63, 3.8) is 0 Å². The molecular weight excluding hydrogens is 317 g/mol. The molecule has 1 N–H and O–H groups in total. The van der Waals surface area contributed by atoms with Crippen molar-refractivity contribution in [3.8, 4) is 0 Å². The van der Waals surface area contributed by atoms with E-state index in [1.54, 1.807) is 12.1 Å². The third-order valence-corrected chi connectivity index (χ3v) is 5.61. The van der Waals surface area contributed by atoms with E-state index in [9.17, 15) is 8.42 Å². The zero-order valence-corrected chi connectivity index (χ0v) is 15.6. The van der Waals surface area contributed by atoms with E-state index in [1.807, 2.05) is 36.4 Å². The predicted molar refractivity (Wildman–Crippen MR) is 104 cm³/mol. The van der Waals surface area contributed by atoms with E-state index in [1.165, 1.54) is 5.46 Å². The van der Waals surface area contributed by atoms with E-state index in [0.717, 1.165) is 32.0 Å². The van der Waals surface area contributed by atoms with E-state index >= 15 is 0 Å². The fourth-order valence-electron chi connectivity index (χ4n) is 2.63. The van der Waals surface area contributed by atoms with Crippen molar-refractivity contribution in [2.45, 2.75) is 44.8 Å². The number of anilines is 1. The average molecular weight is 343 g/mol. The van der Waals surface area contributed by atoms with Crippen molar-refractivity contribution in [3.05, 3.63) is 54.1 Å². The molecule has 0 aromatic heterocycles. The average Bonchev–Trinajstić information content (AvgIpc) is 2.57. The summed E-state index contributed by atoms with van der Waals surface area (Å²) in [5.41, 5.74) is 2.88. The number of nitrogens with one attached hydrogen (secondary N) is 1. The molecule has 0 amide bonds. The Labute approximate surface area is 146 Å². The van der Waals surface area contributed by atoms with Crippen LogP contribution in [0, 0.1) is 5.92 Å². The van der Waals surface area contributed by atoms with Crippen LogP contribution >= 0.6 is 0 Å². The molecule has 1 atom stereocenters. The van der Waals surface area contributed by atoms with Gasteiger partial charge < -0.3 is 0 Å². The lowest BCUT2D eigenvalue weighted by Gasteiger charge is -2.12. The molecule has 0 aliphatic rings. The van der Waals surface area contributed by atoms with Crippen LogP contribution in [0.4, 0.5) is 5.69 Å². The van der Waals surface area contributed by atoms with E-state index in [-0.39, 0.29) is 0 Å². The molecule has 0 bridgehead atoms. The van der Waals surface area contributed by atoms with Gasteiger partial charge in [-0.2, -0.15) is 0 Å². The van der Waals surface area contributed by atoms with Gasteiger partial charge in [-0.3, -0.25) is 4.72 Å². The fraction of sp³-hybridized carbons (Fsp3) is 0.368. The highest BCUT2D eigenvalue weighted by Gasteiger charge is 2.15. The van der Waals surface area contributed by atoms with E-state index in [4.69, 9.17) is 0 Å². The molecule has 1 unspecified atom stereocenters. The molecular formula is C19H26BNO2S. The number of sulfonamides is 1. The molecule has 0 saturated carbocycles. The molecule has 2 rings (SSSR count). The summed E-state index contributed by atoms with van der Waals surface area (Å²) in [7, 11) is -2.55. The van der Waals surface area contributed by atoms with Gasteiger partial charge in [-0.05, 0) is 42.2 Å². The summed E-state index contributed by atoms with van der Waals surface area (Å²) in [5.74, 6) is 0.544. The first kappa shape index (κ1) is 18.6. The SMILES string of the molecule is CCBc1ccc(NS(=O)(=O)c2cccc(CC(C)CC)c2)cc1. The Balaban J connectivity index is 2.16. The number of hydrogen-bond acceptors (Lipinski definition) is 2. The molecule has 0 fully saturated rings. The predicted octanol–water partition coefficient (Wildman–Crippen LogP) is 3.58. The quantitative estimate of drug-likeness (QED) is 0.745. The Morgan fingerprint density at radius 2 is 1.79 bits per heavy atom. The minimum absolute atomic E-state index is 0.320. The largest absolute Gasteiger partial charge is 0.280 e. The summed E-state index contributed by atoms with van der Waals surface area (Å²) in [6, 6.07) is 14.8. The van der Waals surface area contributed by atoms with Crippen molar-refractivity contribution in [2.24, 2.45) is 5.92 Å². The molecule has 0 aliphatic heterocycles. The van der Waals surface area contributed by atoms with Crippen LogP contribution in [-0.4, -0.2) is 15.7 Å². The van der Waals surface area contributed by atoms with Crippen LogP contribution in [0.2, 0.25) is 6.32 Å². The van der Waals surface area contributed by atoms with Crippen molar-refractivity contribution >= 4 is 28.5 Å². The minimum atomic E-state index is -3.55. The maximum atomic E-state index is 12.6. The molecule has 0 saturated heterocycles. The fourth-order valence-corrected chi connectivity index (χ4v) is 3.76. The first-order valence-electron chi connectivity index (χ1n) is 8.65. The maximum absolute atomic E-state index is 12.6. The normalized spacial score (nSPS) is 12.6. The third kappa shape index (κ3) is 5.13. The third-order valence-electron chi connectivity index (χ3n) is 4.23. The molecule has 0 radical (unpaired) electrons. The van der Waals surface area contributed by atoms with Crippen LogP contribution in [-0.2, 0) is 16.4 Å². The second kappa shape index (κ2) is 8.38. The number of rotatable bonds is 8. The lowest BCUT2D eigenvalue weighted by Crippen LogP contribution is -2.16. The zero-order valence-electron chi connectivity index (χ0n) is 14.7. The summed E-state index contributed by atoms with van der Waals surface area (Å²) in [6.07, 6.45) is 3.05. The highest BCUT2D eigenvalue weighted by molar-refractivity contribution is 7.92. The Hall–Kier alpha value is -1.75. The van der Waals surface area contributed by atoms with Gasteiger partial charge in [0.15, 0.2) is 7.28 Å². The second-order valence-electron chi connectivity index (χ2n) is 6.42. The maximum Gasteiger partial charge on any atom is 0.261 e. The van der Waals surface area contributed by atoms with Gasteiger partial charge in [-0.1, -0.05) is 63.2 Å². The van der Waals surface area contributed by atoms with Crippen molar-refractivity contribution in [1.82, 2.24) is 0 Å². The summed E-state index contributed by atoms with van der Waals surface area (Å²) >= 11 is 0. The number of benzene rings is 2. The molecule has 5 heteroatoms. The smallest absolute Gasteiger partial charge is 0.261 e. The molecule has 2 aromatic rings. The van der Waals surface area contributed by atoms with Crippen LogP contribution < -0.4 is 10.2 Å². The lowest BCUT2D eigenvalue weighted by molar-refractivity contribution is 0.559. The van der Waals surface area contributed by atoms with Gasteiger partial charge in [0, 0.05) is 5.69 Å². The minimum Gasteiger partial charge on any atom is -0.280 e. The van der Waals surface area contributed by atoms with Crippen molar-refractivity contribution in [2.75, 3.05) is 4.72 Å². The Morgan fingerprint density at radius 1 is 1.08 bits per heavy atom. The molecule has 2 aromatic carbocycles. The summed E-state index contributed by atoms with van der Waals surface area (Å²) in [5, 5.41) is 0. The van der Waals surface area contributed by atoms with Crippen LogP contribution in [0.1, 0.15) is 32.8 Å². The highest BCUT2D eigenvalue weighted by Crippen LogP contribution is 2.19. The first-order valence-corrected chi connectivity index (χ1v) is 10.1. The van der Waals surface area contributed by atoms with Gasteiger partial charge in [0.25, 0.3) is 10.0 Å². The molecule has 128 valence electrons. The van der Waals surface area contributed by atoms with Crippen molar-refractivity contribution < 1.29 is 8.42 Å². The van der Waals surface area contributed by atoms with Gasteiger partial charge in [-0.15, -0.1) is 0 Å². The molecule has 24 heavy (non-hydrogen) atoms. The molecule has 0 heterocycles. The number of hydrogen-bond donors (Lipinski definition) is 1. The topological polar surface area (TPSA) is 46.2 Å². The lowest BCUT2D eigenvalue weighted by atomic mass is 9.68. The molecule has 3 nitrogen and oxygen atoms in total. The highest BCUT2D eigenvalue weighted by atomic mass is 32.2. The van der Waals surface area contributed by atoms with Gasteiger partial charge in [-0.25, -0.2) is 8.42 Å². The summed E-state index contributed by atoms with van der Waals surface area (Å²) in [4.78, 5) is 0.320. The summed E-state index contributed by atoms with van der Waals surface area (Å²) in [6.45, 7) is 6.45.